The second-order valence-electron chi connectivity index (χ2n) is 7.28. The summed E-state index contributed by atoms with van der Waals surface area (Å²) in [6, 6.07) is 15.6. The maximum absolute atomic E-state index is 13.5. The van der Waals surface area contributed by atoms with Crippen LogP contribution in [0.4, 0.5) is 13.6 Å². The number of aliphatic carboxylic acids is 1. The molecule has 9 heteroatoms. The number of hydrogen-bond donors (Lipinski definition) is 2. The Kier molecular flexibility index (Phi) is 6.30. The molecule has 1 amide bonds. The molecule has 0 fully saturated rings. The maximum Gasteiger partial charge on any atom is 0.408 e. The van der Waals surface area contributed by atoms with Crippen LogP contribution in [0.3, 0.4) is 0 Å². The Morgan fingerprint density at radius 2 is 1.73 bits per heavy atom. The molecule has 0 aliphatic heterocycles. The molecule has 0 aliphatic rings. The van der Waals surface area contributed by atoms with Crippen LogP contribution in [0.25, 0.3) is 22.6 Å². The fourth-order valence-corrected chi connectivity index (χ4v) is 3.25. The standard InChI is InChI=1S/C24H18F2N2O5/c25-17-10-16(11-18(26)12-17)22-27-19-9-15(6-7-21(19)33-22)13-32-24(31)28-20(23(29)30)8-14-4-2-1-3-5-14/h1-7,9-12,20H,8,13H2,(H,28,31)(H,29,30)/t20-/m1/s1. The van der Waals surface area contributed by atoms with Crippen molar-refractivity contribution in [1.29, 1.82) is 0 Å². The molecule has 0 aliphatic carbocycles. The van der Waals surface area contributed by atoms with Gasteiger partial charge in [0.25, 0.3) is 0 Å². The first-order chi connectivity index (χ1) is 15.9. The topological polar surface area (TPSA) is 102 Å². The molecular weight excluding hydrogens is 434 g/mol. The average molecular weight is 452 g/mol. The number of carboxylic acids is 1. The van der Waals surface area contributed by atoms with Crippen molar-refractivity contribution in [3.63, 3.8) is 0 Å². The number of ether oxygens (including phenoxy) is 1. The molecule has 4 aromatic rings. The minimum absolute atomic E-state index is 0.0458. The van der Waals surface area contributed by atoms with Crippen LogP contribution in [0.15, 0.2) is 71.1 Å². The van der Waals surface area contributed by atoms with E-state index in [4.69, 9.17) is 9.15 Å². The first-order valence-corrected chi connectivity index (χ1v) is 9.93. The van der Waals surface area contributed by atoms with E-state index in [-0.39, 0.29) is 24.5 Å². The fraction of sp³-hybridized carbons (Fsp3) is 0.125. The summed E-state index contributed by atoms with van der Waals surface area (Å²) in [5.74, 6) is -2.64. The van der Waals surface area contributed by atoms with Crippen molar-refractivity contribution in [3.8, 4) is 11.5 Å². The molecule has 0 radical (unpaired) electrons. The molecule has 7 nitrogen and oxygen atoms in total. The van der Waals surface area contributed by atoms with Gasteiger partial charge in [0.2, 0.25) is 5.89 Å². The van der Waals surface area contributed by atoms with Gasteiger partial charge in [-0.15, -0.1) is 0 Å². The lowest BCUT2D eigenvalue weighted by Crippen LogP contribution is -2.42. The van der Waals surface area contributed by atoms with Gasteiger partial charge in [0, 0.05) is 18.1 Å². The Bertz CT molecular complexity index is 1290. The van der Waals surface area contributed by atoms with Crippen molar-refractivity contribution in [2.45, 2.75) is 19.1 Å². The molecule has 1 heterocycles. The van der Waals surface area contributed by atoms with Crippen molar-refractivity contribution in [1.82, 2.24) is 10.3 Å². The number of nitrogens with one attached hydrogen (secondary N) is 1. The SMILES string of the molecule is O=C(N[C@H](Cc1ccccc1)C(=O)O)OCc1ccc2oc(-c3cc(F)cc(F)c3)nc2c1. The summed E-state index contributed by atoms with van der Waals surface area (Å²) in [7, 11) is 0. The minimum Gasteiger partial charge on any atom is -0.480 e. The van der Waals surface area contributed by atoms with Crippen LogP contribution in [-0.2, 0) is 22.6 Å². The van der Waals surface area contributed by atoms with Gasteiger partial charge in [-0.25, -0.2) is 23.4 Å². The second kappa shape index (κ2) is 9.47. The largest absolute Gasteiger partial charge is 0.480 e. The van der Waals surface area contributed by atoms with E-state index in [1.54, 1.807) is 42.5 Å². The summed E-state index contributed by atoms with van der Waals surface area (Å²) in [6.45, 7) is -0.143. The number of benzene rings is 3. The Balaban J connectivity index is 1.41. The minimum atomic E-state index is -1.18. The average Bonchev–Trinajstić information content (AvgIpc) is 3.21. The molecule has 0 unspecified atom stereocenters. The van der Waals surface area contributed by atoms with Crippen LogP contribution in [0.1, 0.15) is 11.1 Å². The van der Waals surface area contributed by atoms with Gasteiger partial charge in [0.1, 0.15) is 29.8 Å². The molecule has 33 heavy (non-hydrogen) atoms. The molecule has 0 saturated heterocycles. The van der Waals surface area contributed by atoms with Gasteiger partial charge >= 0.3 is 12.1 Å². The smallest absolute Gasteiger partial charge is 0.408 e. The number of carboxylic acid groups (broad SMARTS) is 1. The third kappa shape index (κ3) is 5.51. The van der Waals surface area contributed by atoms with Gasteiger partial charge in [0.05, 0.1) is 0 Å². The Morgan fingerprint density at radius 1 is 1.00 bits per heavy atom. The summed E-state index contributed by atoms with van der Waals surface area (Å²) in [6.07, 6.45) is -0.769. The number of aromatic nitrogens is 1. The highest BCUT2D eigenvalue weighted by Crippen LogP contribution is 2.26. The monoisotopic (exact) mass is 452 g/mol. The molecule has 0 spiro atoms. The van der Waals surface area contributed by atoms with E-state index in [9.17, 15) is 23.5 Å². The normalized spacial score (nSPS) is 11.8. The van der Waals surface area contributed by atoms with Gasteiger partial charge in [-0.3, -0.25) is 0 Å². The highest BCUT2D eigenvalue weighted by molar-refractivity contribution is 5.80. The highest BCUT2D eigenvalue weighted by atomic mass is 19.1. The number of carbonyl (C=O) groups excluding carboxylic acids is 1. The second-order valence-corrected chi connectivity index (χ2v) is 7.28. The van der Waals surface area contributed by atoms with Crippen LogP contribution < -0.4 is 5.32 Å². The van der Waals surface area contributed by atoms with E-state index >= 15 is 0 Å². The number of fused-ring (bicyclic) bond motifs is 1. The van der Waals surface area contributed by atoms with Crippen molar-refractivity contribution in [2.75, 3.05) is 0 Å². The summed E-state index contributed by atoms with van der Waals surface area (Å²) >= 11 is 0. The Labute approximate surface area is 186 Å². The zero-order chi connectivity index (χ0) is 23.4. The van der Waals surface area contributed by atoms with Crippen molar-refractivity contribution in [2.24, 2.45) is 0 Å². The van der Waals surface area contributed by atoms with Crippen molar-refractivity contribution >= 4 is 23.2 Å². The first kappa shape index (κ1) is 21.9. The van der Waals surface area contributed by atoms with Gasteiger partial charge in [-0.1, -0.05) is 36.4 Å². The van der Waals surface area contributed by atoms with E-state index in [0.717, 1.165) is 23.8 Å². The van der Waals surface area contributed by atoms with Gasteiger partial charge in [0.15, 0.2) is 5.58 Å². The number of amides is 1. The molecule has 0 saturated carbocycles. The predicted octanol–water partition coefficient (Wildman–Crippen LogP) is 4.70. The van der Waals surface area contributed by atoms with Crippen LogP contribution >= 0.6 is 0 Å². The molecule has 2 N–H and O–H groups in total. The van der Waals surface area contributed by atoms with Gasteiger partial charge < -0.3 is 19.6 Å². The van der Waals surface area contributed by atoms with Crippen molar-refractivity contribution in [3.05, 3.63) is 89.5 Å². The number of nitrogens with zero attached hydrogens (tertiary/aromatic N) is 1. The summed E-state index contributed by atoms with van der Waals surface area (Å²) in [4.78, 5) is 27.9. The number of rotatable bonds is 7. The van der Waals surface area contributed by atoms with Gasteiger partial charge in [-0.05, 0) is 35.4 Å². The third-order valence-electron chi connectivity index (χ3n) is 4.80. The lowest BCUT2D eigenvalue weighted by molar-refractivity contribution is -0.139. The molecule has 1 atom stereocenters. The lowest BCUT2D eigenvalue weighted by Gasteiger charge is -2.14. The molecule has 4 rings (SSSR count). The lowest BCUT2D eigenvalue weighted by atomic mass is 10.1. The number of hydrogen-bond acceptors (Lipinski definition) is 5. The molecule has 3 aromatic carbocycles. The third-order valence-corrected chi connectivity index (χ3v) is 4.80. The zero-order valence-corrected chi connectivity index (χ0v) is 17.1. The van der Waals surface area contributed by atoms with Crippen molar-refractivity contribution < 1.29 is 32.6 Å². The van der Waals surface area contributed by atoms with E-state index in [2.05, 4.69) is 10.3 Å². The Morgan fingerprint density at radius 3 is 2.42 bits per heavy atom. The first-order valence-electron chi connectivity index (χ1n) is 9.93. The predicted molar refractivity (Wildman–Crippen MR) is 114 cm³/mol. The van der Waals surface area contributed by atoms with Crippen LogP contribution in [-0.4, -0.2) is 28.2 Å². The van der Waals surface area contributed by atoms with Crippen LogP contribution in [0.2, 0.25) is 0 Å². The number of alkyl carbamates (subject to hydrolysis) is 1. The van der Waals surface area contributed by atoms with Crippen LogP contribution in [0.5, 0.6) is 0 Å². The molecular formula is C24H18F2N2O5. The maximum atomic E-state index is 13.5. The van der Waals surface area contributed by atoms with E-state index in [0.29, 0.717) is 16.7 Å². The quantitative estimate of drug-likeness (QED) is 0.422. The van der Waals surface area contributed by atoms with Gasteiger partial charge in [-0.2, -0.15) is 0 Å². The zero-order valence-electron chi connectivity index (χ0n) is 17.1. The van der Waals surface area contributed by atoms with E-state index in [1.807, 2.05) is 6.07 Å². The van der Waals surface area contributed by atoms with E-state index in [1.165, 1.54) is 0 Å². The molecule has 1 aromatic heterocycles. The summed E-state index contributed by atoms with van der Waals surface area (Å²) < 4.78 is 37.6. The highest BCUT2D eigenvalue weighted by Gasteiger charge is 2.21. The number of oxazole rings is 1. The summed E-state index contributed by atoms with van der Waals surface area (Å²) in [5.41, 5.74) is 2.27. The fourth-order valence-electron chi connectivity index (χ4n) is 3.25. The number of halogens is 2. The summed E-state index contributed by atoms with van der Waals surface area (Å²) in [5, 5.41) is 11.7. The van der Waals surface area contributed by atoms with E-state index < -0.39 is 29.7 Å². The molecule has 168 valence electrons. The van der Waals surface area contributed by atoms with Crippen LogP contribution in [0, 0.1) is 11.6 Å². The Hall–Kier alpha value is -4.27. The molecule has 0 bridgehead atoms. The number of carbonyl (C=O) groups is 2.